The number of anilines is 1. The quantitative estimate of drug-likeness (QED) is 0.824. The summed E-state index contributed by atoms with van der Waals surface area (Å²) in [6.45, 7) is 6.82. The minimum atomic E-state index is 0.904. The van der Waals surface area contributed by atoms with Crippen molar-refractivity contribution in [3.8, 4) is 0 Å². The van der Waals surface area contributed by atoms with Gasteiger partial charge in [0.15, 0.2) is 0 Å². The average molecular weight is 271 g/mol. The Hall–Kier alpha value is -1.09. The van der Waals surface area contributed by atoms with E-state index >= 15 is 0 Å². The molecule has 108 valence electrons. The Morgan fingerprint density at radius 3 is 2.55 bits per heavy atom. The second-order valence-electron chi connectivity index (χ2n) is 6.90. The highest BCUT2D eigenvalue weighted by molar-refractivity contribution is 5.39. The van der Waals surface area contributed by atoms with Crippen molar-refractivity contribution in [2.45, 2.75) is 38.6 Å². The molecule has 0 amide bonds. The lowest BCUT2D eigenvalue weighted by Crippen LogP contribution is -2.52. The molecule has 0 N–H and O–H groups in total. The van der Waals surface area contributed by atoms with Crippen LogP contribution in [0.4, 0.5) is 5.82 Å². The topological polar surface area (TPSA) is 19.4 Å². The van der Waals surface area contributed by atoms with Gasteiger partial charge in [-0.05, 0) is 50.2 Å². The summed E-state index contributed by atoms with van der Waals surface area (Å²) in [7, 11) is 0. The van der Waals surface area contributed by atoms with Gasteiger partial charge >= 0.3 is 0 Å². The van der Waals surface area contributed by atoms with Crippen LogP contribution in [0.25, 0.3) is 0 Å². The molecule has 1 aromatic rings. The van der Waals surface area contributed by atoms with E-state index in [0.717, 1.165) is 42.5 Å². The lowest BCUT2D eigenvalue weighted by Gasteiger charge is -2.41. The zero-order valence-corrected chi connectivity index (χ0v) is 12.5. The van der Waals surface area contributed by atoms with Gasteiger partial charge in [-0.15, -0.1) is 0 Å². The molecular weight excluding hydrogens is 246 g/mol. The van der Waals surface area contributed by atoms with Crippen LogP contribution in [0.5, 0.6) is 0 Å². The summed E-state index contributed by atoms with van der Waals surface area (Å²) < 4.78 is 0. The zero-order chi connectivity index (χ0) is 13.5. The van der Waals surface area contributed by atoms with Crippen molar-refractivity contribution in [1.82, 2.24) is 9.88 Å². The van der Waals surface area contributed by atoms with E-state index in [1.807, 2.05) is 0 Å². The minimum absolute atomic E-state index is 0.904. The van der Waals surface area contributed by atoms with Crippen molar-refractivity contribution in [3.05, 3.63) is 23.9 Å². The molecule has 1 aliphatic heterocycles. The molecule has 1 aromatic heterocycles. The molecular formula is C17H25N3. The molecule has 1 saturated heterocycles. The van der Waals surface area contributed by atoms with Gasteiger partial charge < -0.3 is 4.90 Å². The van der Waals surface area contributed by atoms with E-state index in [1.165, 1.54) is 38.8 Å². The first kappa shape index (κ1) is 12.6. The molecule has 3 aliphatic rings. The summed E-state index contributed by atoms with van der Waals surface area (Å²) in [6, 6.07) is 7.26. The summed E-state index contributed by atoms with van der Waals surface area (Å²) in [5.41, 5.74) is 1.12. The van der Waals surface area contributed by atoms with Crippen LogP contribution in [0.1, 0.15) is 31.4 Å². The molecule has 0 spiro atoms. The van der Waals surface area contributed by atoms with Crippen molar-refractivity contribution in [1.29, 1.82) is 0 Å². The van der Waals surface area contributed by atoms with Crippen LogP contribution in [0.15, 0.2) is 18.2 Å². The Bertz CT molecular complexity index is 479. The maximum atomic E-state index is 4.66. The van der Waals surface area contributed by atoms with Gasteiger partial charge in [-0.3, -0.25) is 4.90 Å². The predicted octanol–water partition coefficient (Wildman–Crippen LogP) is 2.70. The molecule has 2 aliphatic carbocycles. The summed E-state index contributed by atoms with van der Waals surface area (Å²) in [5.74, 6) is 3.24. The van der Waals surface area contributed by atoms with Gasteiger partial charge in [0.05, 0.1) is 0 Å². The average Bonchev–Trinajstić information content (AvgIpc) is 3.10. The molecule has 0 unspecified atom stereocenters. The zero-order valence-electron chi connectivity index (χ0n) is 12.5. The van der Waals surface area contributed by atoms with Crippen molar-refractivity contribution >= 4 is 5.82 Å². The highest BCUT2D eigenvalue weighted by atomic mass is 15.3. The fourth-order valence-electron chi connectivity index (χ4n) is 4.65. The lowest BCUT2D eigenvalue weighted by molar-refractivity contribution is 0.134. The van der Waals surface area contributed by atoms with Crippen LogP contribution >= 0.6 is 0 Å². The minimum Gasteiger partial charge on any atom is -0.354 e. The van der Waals surface area contributed by atoms with Crippen LogP contribution in [0.3, 0.4) is 0 Å². The number of hydrogen-bond acceptors (Lipinski definition) is 3. The van der Waals surface area contributed by atoms with Gasteiger partial charge in [-0.1, -0.05) is 12.5 Å². The van der Waals surface area contributed by atoms with Crippen LogP contribution in [-0.4, -0.2) is 42.1 Å². The number of hydrogen-bond donors (Lipinski definition) is 0. The summed E-state index contributed by atoms with van der Waals surface area (Å²) in [4.78, 5) is 9.89. The molecule has 2 heterocycles. The van der Waals surface area contributed by atoms with E-state index in [4.69, 9.17) is 0 Å². The van der Waals surface area contributed by atoms with Crippen LogP contribution in [-0.2, 0) is 0 Å². The highest BCUT2D eigenvalue weighted by Crippen LogP contribution is 2.46. The number of fused-ring (bicyclic) bond motifs is 2. The van der Waals surface area contributed by atoms with E-state index < -0.39 is 0 Å². The molecule has 3 nitrogen and oxygen atoms in total. The maximum Gasteiger partial charge on any atom is 0.128 e. The Balaban J connectivity index is 1.38. The van der Waals surface area contributed by atoms with E-state index in [2.05, 4.69) is 39.9 Å². The molecule has 0 radical (unpaired) electrons. The van der Waals surface area contributed by atoms with Crippen LogP contribution in [0.2, 0.25) is 0 Å². The molecule has 4 rings (SSSR count). The summed E-state index contributed by atoms with van der Waals surface area (Å²) in [6.07, 6.45) is 6.00. The fourth-order valence-corrected chi connectivity index (χ4v) is 4.65. The molecule has 0 aromatic carbocycles. The summed E-state index contributed by atoms with van der Waals surface area (Å²) >= 11 is 0. The molecule has 3 fully saturated rings. The summed E-state index contributed by atoms with van der Waals surface area (Å²) in [5, 5.41) is 0. The number of aromatic nitrogens is 1. The van der Waals surface area contributed by atoms with Gasteiger partial charge in [0.1, 0.15) is 5.82 Å². The van der Waals surface area contributed by atoms with Gasteiger partial charge in [-0.25, -0.2) is 4.98 Å². The monoisotopic (exact) mass is 271 g/mol. The van der Waals surface area contributed by atoms with Crippen molar-refractivity contribution in [2.24, 2.45) is 11.8 Å². The highest BCUT2D eigenvalue weighted by Gasteiger charge is 2.42. The molecule has 3 heteroatoms. The third-order valence-electron chi connectivity index (χ3n) is 5.68. The number of aryl methyl sites for hydroxylation is 1. The first-order valence-electron chi connectivity index (χ1n) is 8.22. The van der Waals surface area contributed by atoms with E-state index in [0.29, 0.717) is 0 Å². The number of piperazine rings is 1. The molecule has 3 atom stereocenters. The van der Waals surface area contributed by atoms with E-state index in [9.17, 15) is 0 Å². The van der Waals surface area contributed by atoms with Gasteiger partial charge in [0.25, 0.3) is 0 Å². The van der Waals surface area contributed by atoms with Gasteiger partial charge in [0.2, 0.25) is 0 Å². The maximum absolute atomic E-state index is 4.66. The first-order chi connectivity index (χ1) is 9.79. The fraction of sp³-hybridized carbons (Fsp3) is 0.706. The first-order valence-corrected chi connectivity index (χ1v) is 8.22. The number of nitrogens with zero attached hydrogens (tertiary/aromatic N) is 3. The second kappa shape index (κ2) is 5.03. The third kappa shape index (κ3) is 2.22. The van der Waals surface area contributed by atoms with Gasteiger partial charge in [-0.2, -0.15) is 0 Å². The van der Waals surface area contributed by atoms with Crippen LogP contribution in [0, 0.1) is 18.8 Å². The Kier molecular flexibility index (Phi) is 3.18. The molecule has 2 saturated carbocycles. The van der Waals surface area contributed by atoms with Crippen molar-refractivity contribution < 1.29 is 0 Å². The molecule has 20 heavy (non-hydrogen) atoms. The number of pyridine rings is 1. The SMILES string of the molecule is Cc1cccc(N2CCN([C@H]3C[C@H]4CC[C@H]3C4)CC2)n1. The van der Waals surface area contributed by atoms with E-state index in [1.54, 1.807) is 0 Å². The second-order valence-corrected chi connectivity index (χ2v) is 6.90. The van der Waals surface area contributed by atoms with Gasteiger partial charge in [0, 0.05) is 37.9 Å². The normalized spacial score (nSPS) is 33.9. The van der Waals surface area contributed by atoms with E-state index in [-0.39, 0.29) is 0 Å². The lowest BCUT2D eigenvalue weighted by atomic mass is 9.93. The third-order valence-corrected chi connectivity index (χ3v) is 5.68. The largest absolute Gasteiger partial charge is 0.354 e. The standard InChI is InChI=1S/C17H25N3/c1-13-3-2-4-17(18-13)20-9-7-19(8-10-20)16-12-14-5-6-15(16)11-14/h2-4,14-16H,5-12H2,1H3/t14-,15-,16-/m0/s1. The Morgan fingerprint density at radius 1 is 1.05 bits per heavy atom. The van der Waals surface area contributed by atoms with Crippen molar-refractivity contribution in [3.63, 3.8) is 0 Å². The number of rotatable bonds is 2. The van der Waals surface area contributed by atoms with Crippen LogP contribution < -0.4 is 4.90 Å². The Labute approximate surface area is 122 Å². The smallest absolute Gasteiger partial charge is 0.128 e. The Morgan fingerprint density at radius 2 is 1.90 bits per heavy atom. The predicted molar refractivity (Wildman–Crippen MR) is 82.0 cm³/mol. The molecule has 2 bridgehead atoms. The van der Waals surface area contributed by atoms with Crippen molar-refractivity contribution in [2.75, 3.05) is 31.1 Å².